The Hall–Kier alpha value is -2.94. The van der Waals surface area contributed by atoms with Gasteiger partial charge in [0.15, 0.2) is 4.80 Å². The molecule has 1 N–H and O–H groups in total. The third kappa shape index (κ3) is 4.62. The average molecular weight is 395 g/mol. The van der Waals surface area contributed by atoms with Gasteiger partial charge in [-0.05, 0) is 49.4 Å². The predicted octanol–water partition coefficient (Wildman–Crippen LogP) is 5.14. The summed E-state index contributed by atoms with van der Waals surface area (Å²) in [7, 11) is 0. The van der Waals surface area contributed by atoms with Gasteiger partial charge in [0.1, 0.15) is 5.82 Å². The lowest BCUT2D eigenvalue weighted by atomic mass is 10.2. The molecule has 0 saturated carbocycles. The maximum atomic E-state index is 13.2. The molecule has 1 aromatic heterocycles. The number of hydrogen-bond donors (Lipinski definition) is 1. The molecule has 4 nitrogen and oxygen atoms in total. The summed E-state index contributed by atoms with van der Waals surface area (Å²) in [6.07, 6.45) is -2.76. The van der Waals surface area contributed by atoms with Gasteiger partial charge in [0.05, 0.1) is 5.56 Å². The van der Waals surface area contributed by atoms with E-state index in [9.17, 15) is 22.4 Å². The van der Waals surface area contributed by atoms with Gasteiger partial charge in [-0.2, -0.15) is 18.2 Å². The Labute approximate surface area is 155 Å². The van der Waals surface area contributed by atoms with E-state index in [4.69, 9.17) is 0 Å². The van der Waals surface area contributed by atoms with Gasteiger partial charge in [0.25, 0.3) is 0 Å². The zero-order valence-corrected chi connectivity index (χ0v) is 14.7. The van der Waals surface area contributed by atoms with Crippen LogP contribution in [0.15, 0.2) is 59.7 Å². The minimum atomic E-state index is -4.42. The topological polar surface area (TPSA) is 46.4 Å². The van der Waals surface area contributed by atoms with E-state index >= 15 is 0 Å². The molecule has 2 aromatic carbocycles. The highest BCUT2D eigenvalue weighted by Gasteiger charge is 2.30. The summed E-state index contributed by atoms with van der Waals surface area (Å²) < 4.78 is 52.8. The number of aromatic nitrogens is 1. The Morgan fingerprint density at radius 3 is 2.48 bits per heavy atom. The maximum Gasteiger partial charge on any atom is 0.416 e. The molecule has 0 aliphatic carbocycles. The number of carbonyl (C=O) groups is 1. The van der Waals surface area contributed by atoms with Gasteiger partial charge in [-0.1, -0.05) is 6.07 Å². The van der Waals surface area contributed by atoms with E-state index in [1.165, 1.54) is 46.2 Å². The van der Waals surface area contributed by atoms with Gasteiger partial charge >= 0.3 is 12.2 Å². The molecule has 2 amide bonds. The number of benzene rings is 2. The fourth-order valence-electron chi connectivity index (χ4n) is 2.33. The predicted molar refractivity (Wildman–Crippen MR) is 94.4 cm³/mol. The number of aryl methyl sites for hydroxylation is 1. The van der Waals surface area contributed by atoms with Crippen LogP contribution >= 0.6 is 11.3 Å². The van der Waals surface area contributed by atoms with Gasteiger partial charge in [-0.25, -0.2) is 9.18 Å². The fraction of sp³-hybridized carbons (Fsp3) is 0.111. The number of urea groups is 1. The van der Waals surface area contributed by atoms with Gasteiger partial charge in [0.2, 0.25) is 0 Å². The second-order valence-corrected chi connectivity index (χ2v) is 6.80. The summed E-state index contributed by atoms with van der Waals surface area (Å²) in [5.74, 6) is -0.500. The Balaban J connectivity index is 1.91. The molecule has 0 aliphatic rings. The number of hydrogen-bond acceptors (Lipinski definition) is 2. The van der Waals surface area contributed by atoms with Crippen LogP contribution < -0.4 is 10.1 Å². The molecule has 9 heteroatoms. The first-order valence-corrected chi connectivity index (χ1v) is 8.52. The first-order valence-electron chi connectivity index (χ1n) is 7.70. The van der Waals surface area contributed by atoms with Crippen molar-refractivity contribution in [2.24, 2.45) is 4.99 Å². The van der Waals surface area contributed by atoms with E-state index in [-0.39, 0.29) is 10.5 Å². The van der Waals surface area contributed by atoms with E-state index in [0.717, 1.165) is 23.1 Å². The second kappa shape index (κ2) is 7.36. The first-order chi connectivity index (χ1) is 12.7. The van der Waals surface area contributed by atoms with E-state index in [1.807, 2.05) is 0 Å². The molecule has 0 atom stereocenters. The number of carbonyl (C=O) groups excluding carboxylic acids is 1. The number of rotatable bonds is 2. The van der Waals surface area contributed by atoms with Crippen LogP contribution in [0.5, 0.6) is 0 Å². The Kier molecular flexibility index (Phi) is 5.13. The zero-order valence-electron chi connectivity index (χ0n) is 13.9. The normalized spacial score (nSPS) is 12.3. The van der Waals surface area contributed by atoms with Crippen molar-refractivity contribution < 1.29 is 22.4 Å². The van der Waals surface area contributed by atoms with Crippen LogP contribution in [0, 0.1) is 12.7 Å². The van der Waals surface area contributed by atoms with Crippen LogP contribution in [0.2, 0.25) is 0 Å². The number of amides is 2. The van der Waals surface area contributed by atoms with Crippen molar-refractivity contribution in [3.63, 3.8) is 0 Å². The standard InChI is InChI=1S/C18H13F4N3OS/c1-11-10-25(15-7-5-12(6-8-15)18(20,21)22)17(27-11)24-16(26)23-14-4-2-3-13(19)9-14/h2-10H,1H3,(H,23,26)/b24-17-. The van der Waals surface area contributed by atoms with E-state index in [0.29, 0.717) is 5.69 Å². The SMILES string of the molecule is Cc1cn(-c2ccc(C(F)(F)F)cc2)/c(=N/C(=O)Nc2cccc(F)c2)s1. The molecule has 0 saturated heterocycles. The van der Waals surface area contributed by atoms with Crippen LogP contribution in [-0.2, 0) is 6.18 Å². The van der Waals surface area contributed by atoms with Gasteiger partial charge < -0.3 is 5.32 Å². The molecule has 0 fully saturated rings. The Morgan fingerprint density at radius 1 is 1.15 bits per heavy atom. The molecule has 0 bridgehead atoms. The van der Waals surface area contributed by atoms with Crippen molar-refractivity contribution in [2.45, 2.75) is 13.1 Å². The Bertz CT molecular complexity index is 1040. The van der Waals surface area contributed by atoms with Crippen LogP contribution in [-0.4, -0.2) is 10.6 Å². The Morgan fingerprint density at radius 2 is 1.85 bits per heavy atom. The van der Waals surface area contributed by atoms with Gasteiger partial charge in [-0.15, -0.1) is 11.3 Å². The lowest BCUT2D eigenvalue weighted by Crippen LogP contribution is -2.17. The monoisotopic (exact) mass is 395 g/mol. The van der Waals surface area contributed by atoms with Crippen LogP contribution in [0.1, 0.15) is 10.4 Å². The number of halogens is 4. The van der Waals surface area contributed by atoms with E-state index < -0.39 is 23.6 Å². The summed E-state index contributed by atoms with van der Waals surface area (Å²) >= 11 is 1.20. The van der Waals surface area contributed by atoms with Crippen molar-refractivity contribution in [3.05, 3.63) is 75.8 Å². The number of nitrogens with zero attached hydrogens (tertiary/aromatic N) is 2. The van der Waals surface area contributed by atoms with E-state index in [2.05, 4.69) is 10.3 Å². The van der Waals surface area contributed by atoms with Crippen molar-refractivity contribution in [3.8, 4) is 5.69 Å². The average Bonchev–Trinajstić information content (AvgIpc) is 2.94. The molecule has 0 radical (unpaired) electrons. The zero-order chi connectivity index (χ0) is 19.6. The fourth-order valence-corrected chi connectivity index (χ4v) is 3.16. The van der Waals surface area contributed by atoms with Crippen molar-refractivity contribution in [1.29, 1.82) is 0 Å². The highest BCUT2D eigenvalue weighted by Crippen LogP contribution is 2.29. The maximum absolute atomic E-state index is 13.2. The second-order valence-electron chi connectivity index (χ2n) is 5.59. The quantitative estimate of drug-likeness (QED) is 0.600. The lowest BCUT2D eigenvalue weighted by Gasteiger charge is -2.08. The molecule has 1 heterocycles. The molecular formula is C18H13F4N3OS. The van der Waals surface area contributed by atoms with Crippen LogP contribution in [0.25, 0.3) is 5.69 Å². The molecule has 140 valence electrons. The van der Waals surface area contributed by atoms with Gasteiger partial charge in [-0.3, -0.25) is 4.57 Å². The minimum absolute atomic E-state index is 0.248. The number of thiazole rings is 1. The summed E-state index contributed by atoms with van der Waals surface area (Å²) in [6, 6.07) is 9.17. The minimum Gasteiger partial charge on any atom is -0.306 e. The van der Waals surface area contributed by atoms with Gasteiger partial charge in [0, 0.05) is 22.4 Å². The third-order valence-electron chi connectivity index (χ3n) is 3.52. The molecule has 3 rings (SSSR count). The molecule has 3 aromatic rings. The molecule has 0 unspecified atom stereocenters. The van der Waals surface area contributed by atoms with Crippen LogP contribution in [0.4, 0.5) is 28.0 Å². The molecule has 27 heavy (non-hydrogen) atoms. The molecule has 0 aliphatic heterocycles. The van der Waals surface area contributed by atoms with Crippen molar-refractivity contribution >= 4 is 23.1 Å². The summed E-state index contributed by atoms with van der Waals surface area (Å²) in [5, 5.41) is 2.45. The first kappa shape index (κ1) is 18.8. The third-order valence-corrected chi connectivity index (χ3v) is 4.41. The molecule has 0 spiro atoms. The van der Waals surface area contributed by atoms with Crippen LogP contribution in [0.3, 0.4) is 0 Å². The van der Waals surface area contributed by atoms with Crippen molar-refractivity contribution in [2.75, 3.05) is 5.32 Å². The highest BCUT2D eigenvalue weighted by molar-refractivity contribution is 7.09. The molecular weight excluding hydrogens is 382 g/mol. The summed E-state index contributed by atoms with van der Waals surface area (Å²) in [5.41, 5.74) is -0.0797. The number of anilines is 1. The summed E-state index contributed by atoms with van der Waals surface area (Å²) in [6.45, 7) is 1.79. The number of nitrogens with one attached hydrogen (secondary N) is 1. The smallest absolute Gasteiger partial charge is 0.306 e. The van der Waals surface area contributed by atoms with E-state index in [1.54, 1.807) is 13.1 Å². The highest BCUT2D eigenvalue weighted by atomic mass is 32.1. The summed E-state index contributed by atoms with van der Waals surface area (Å²) in [4.78, 5) is 17.1. The van der Waals surface area contributed by atoms with Crippen molar-refractivity contribution in [1.82, 2.24) is 4.57 Å². The lowest BCUT2D eigenvalue weighted by molar-refractivity contribution is -0.137. The largest absolute Gasteiger partial charge is 0.416 e. The number of alkyl halides is 3.